The van der Waals surface area contributed by atoms with Crippen molar-refractivity contribution in [2.45, 2.75) is 13.1 Å². The van der Waals surface area contributed by atoms with Crippen LogP contribution in [0.25, 0.3) is 11.0 Å². The van der Waals surface area contributed by atoms with Gasteiger partial charge in [-0.15, -0.1) is 0 Å². The van der Waals surface area contributed by atoms with Gasteiger partial charge in [-0.2, -0.15) is 0 Å². The van der Waals surface area contributed by atoms with Gasteiger partial charge in [0.25, 0.3) is 0 Å². The highest BCUT2D eigenvalue weighted by Crippen LogP contribution is 2.12. The number of rotatable bonds is 5. The lowest BCUT2D eigenvalue weighted by molar-refractivity contribution is 0.414. The van der Waals surface area contributed by atoms with Crippen LogP contribution >= 0.6 is 0 Å². The molecule has 0 atom stereocenters. The van der Waals surface area contributed by atoms with E-state index in [-0.39, 0.29) is 0 Å². The van der Waals surface area contributed by atoms with Crippen molar-refractivity contribution >= 4 is 11.0 Å². The lowest BCUT2D eigenvalue weighted by Gasteiger charge is -2.07. The minimum absolute atomic E-state index is 0.804. The topological polar surface area (TPSA) is 47.0 Å². The summed E-state index contributed by atoms with van der Waals surface area (Å²) in [6, 6.07) is 14.2. The predicted molar refractivity (Wildman–Crippen MR) is 83.1 cm³/mol. The molecule has 4 heteroatoms. The van der Waals surface area contributed by atoms with E-state index >= 15 is 0 Å². The molecule has 106 valence electrons. The minimum Gasteiger partial charge on any atom is -0.497 e. The third kappa shape index (κ3) is 3.35. The Balaban J connectivity index is 1.60. The molecule has 0 fully saturated rings. The molecule has 0 aliphatic heterocycles. The van der Waals surface area contributed by atoms with Crippen molar-refractivity contribution in [2.24, 2.45) is 0 Å². The first-order valence-corrected chi connectivity index (χ1v) is 6.88. The summed E-state index contributed by atoms with van der Waals surface area (Å²) in [5.74, 6) is 0.881. The van der Waals surface area contributed by atoms with Crippen LogP contribution in [0.15, 0.2) is 54.9 Å². The second-order valence-electron chi connectivity index (χ2n) is 4.83. The van der Waals surface area contributed by atoms with Crippen molar-refractivity contribution in [2.75, 3.05) is 7.11 Å². The summed E-state index contributed by atoms with van der Waals surface area (Å²) >= 11 is 0. The Kier molecular flexibility index (Phi) is 4.07. The molecule has 4 nitrogen and oxygen atoms in total. The number of hydrogen-bond acceptors (Lipinski definition) is 4. The van der Waals surface area contributed by atoms with Crippen molar-refractivity contribution in [1.82, 2.24) is 15.3 Å². The van der Waals surface area contributed by atoms with Gasteiger partial charge in [-0.05, 0) is 35.4 Å². The van der Waals surface area contributed by atoms with Crippen LogP contribution < -0.4 is 10.1 Å². The van der Waals surface area contributed by atoms with Crippen molar-refractivity contribution in [3.63, 3.8) is 0 Å². The van der Waals surface area contributed by atoms with E-state index < -0.39 is 0 Å². The number of fused-ring (bicyclic) bond motifs is 1. The van der Waals surface area contributed by atoms with Crippen LogP contribution in [0.5, 0.6) is 5.75 Å². The molecule has 0 saturated heterocycles. The van der Waals surface area contributed by atoms with Crippen LogP contribution in [0, 0.1) is 0 Å². The average Bonchev–Trinajstić information content (AvgIpc) is 2.55. The van der Waals surface area contributed by atoms with Gasteiger partial charge in [0.05, 0.1) is 18.1 Å². The van der Waals surface area contributed by atoms with Crippen LogP contribution in [-0.4, -0.2) is 17.1 Å². The number of nitrogens with zero attached hydrogens (tertiary/aromatic N) is 2. The smallest absolute Gasteiger partial charge is 0.118 e. The highest BCUT2D eigenvalue weighted by Gasteiger charge is 1.99. The van der Waals surface area contributed by atoms with Crippen LogP contribution in [0.1, 0.15) is 11.1 Å². The van der Waals surface area contributed by atoms with Gasteiger partial charge in [0, 0.05) is 25.5 Å². The summed E-state index contributed by atoms with van der Waals surface area (Å²) in [7, 11) is 1.68. The van der Waals surface area contributed by atoms with E-state index in [2.05, 4.69) is 39.6 Å². The van der Waals surface area contributed by atoms with E-state index in [0.29, 0.717) is 0 Å². The first-order valence-electron chi connectivity index (χ1n) is 6.88. The Bertz CT molecular complexity index is 725. The zero-order valence-electron chi connectivity index (χ0n) is 11.9. The molecule has 21 heavy (non-hydrogen) atoms. The fraction of sp³-hybridized carbons (Fsp3) is 0.176. The van der Waals surface area contributed by atoms with E-state index in [4.69, 9.17) is 4.74 Å². The fourth-order valence-electron chi connectivity index (χ4n) is 2.21. The maximum atomic E-state index is 5.15. The molecule has 0 bridgehead atoms. The first-order chi connectivity index (χ1) is 10.3. The molecule has 1 heterocycles. The molecule has 0 aliphatic rings. The van der Waals surface area contributed by atoms with Gasteiger partial charge >= 0.3 is 0 Å². The summed E-state index contributed by atoms with van der Waals surface area (Å²) in [4.78, 5) is 8.59. The number of hydrogen-bond donors (Lipinski definition) is 1. The zero-order valence-corrected chi connectivity index (χ0v) is 11.9. The molecule has 0 amide bonds. The largest absolute Gasteiger partial charge is 0.497 e. The maximum absolute atomic E-state index is 5.15. The fourth-order valence-corrected chi connectivity index (χ4v) is 2.21. The number of methoxy groups -OCH3 is 1. The highest BCUT2D eigenvalue weighted by atomic mass is 16.5. The number of aromatic nitrogens is 2. The number of ether oxygens (including phenoxy) is 1. The third-order valence-corrected chi connectivity index (χ3v) is 3.35. The van der Waals surface area contributed by atoms with Crippen LogP contribution in [-0.2, 0) is 13.1 Å². The lowest BCUT2D eigenvalue weighted by Crippen LogP contribution is -2.12. The Hall–Kier alpha value is -2.46. The monoisotopic (exact) mass is 279 g/mol. The second kappa shape index (κ2) is 6.33. The number of nitrogens with one attached hydrogen (secondary N) is 1. The SMILES string of the molecule is COc1ccc(CNCc2ccc3nccnc3c2)cc1. The van der Waals surface area contributed by atoms with E-state index in [1.807, 2.05) is 18.2 Å². The average molecular weight is 279 g/mol. The van der Waals surface area contributed by atoms with Gasteiger partial charge in [0.1, 0.15) is 5.75 Å². The van der Waals surface area contributed by atoms with Gasteiger partial charge in [-0.3, -0.25) is 9.97 Å². The second-order valence-corrected chi connectivity index (χ2v) is 4.83. The van der Waals surface area contributed by atoms with Gasteiger partial charge in [-0.25, -0.2) is 0 Å². The normalized spacial score (nSPS) is 10.7. The van der Waals surface area contributed by atoms with Gasteiger partial charge in [0.15, 0.2) is 0 Å². The molecule has 3 aromatic rings. The molecular formula is C17H17N3O. The lowest BCUT2D eigenvalue weighted by atomic mass is 10.1. The molecule has 0 saturated carbocycles. The standard InChI is InChI=1S/C17H17N3O/c1-21-15-5-2-13(3-6-15)11-18-12-14-4-7-16-17(10-14)20-9-8-19-16/h2-10,18H,11-12H2,1H3. The molecule has 2 aromatic carbocycles. The van der Waals surface area contributed by atoms with Gasteiger partial charge in [-0.1, -0.05) is 18.2 Å². The van der Waals surface area contributed by atoms with Crippen LogP contribution in [0.2, 0.25) is 0 Å². The molecule has 1 aromatic heterocycles. The summed E-state index contributed by atoms with van der Waals surface area (Å²) in [5.41, 5.74) is 4.30. The van der Waals surface area contributed by atoms with E-state index in [1.165, 1.54) is 11.1 Å². The highest BCUT2D eigenvalue weighted by molar-refractivity contribution is 5.74. The van der Waals surface area contributed by atoms with Gasteiger partial charge in [0.2, 0.25) is 0 Å². The quantitative estimate of drug-likeness (QED) is 0.780. The summed E-state index contributed by atoms with van der Waals surface area (Å²) in [6.07, 6.45) is 3.43. The van der Waals surface area contributed by atoms with Crippen molar-refractivity contribution < 1.29 is 4.74 Å². The minimum atomic E-state index is 0.804. The number of benzene rings is 2. The van der Waals surface area contributed by atoms with Crippen LogP contribution in [0.3, 0.4) is 0 Å². The molecular weight excluding hydrogens is 262 g/mol. The molecule has 0 radical (unpaired) electrons. The predicted octanol–water partition coefficient (Wildman–Crippen LogP) is 2.93. The van der Waals surface area contributed by atoms with E-state index in [1.54, 1.807) is 19.5 Å². The Morgan fingerprint density at radius 2 is 1.52 bits per heavy atom. The van der Waals surface area contributed by atoms with E-state index in [9.17, 15) is 0 Å². The van der Waals surface area contributed by atoms with Crippen LogP contribution in [0.4, 0.5) is 0 Å². The molecule has 0 unspecified atom stereocenters. The summed E-state index contributed by atoms with van der Waals surface area (Å²) in [6.45, 7) is 1.63. The zero-order chi connectivity index (χ0) is 14.5. The van der Waals surface area contributed by atoms with Crippen molar-refractivity contribution in [1.29, 1.82) is 0 Å². The molecule has 0 aliphatic carbocycles. The molecule has 0 spiro atoms. The van der Waals surface area contributed by atoms with Crippen molar-refractivity contribution in [3.8, 4) is 5.75 Å². The Morgan fingerprint density at radius 3 is 2.29 bits per heavy atom. The molecule has 3 rings (SSSR count). The maximum Gasteiger partial charge on any atom is 0.118 e. The summed E-state index contributed by atoms with van der Waals surface area (Å²) in [5, 5.41) is 3.43. The van der Waals surface area contributed by atoms with Gasteiger partial charge < -0.3 is 10.1 Å². The Morgan fingerprint density at radius 1 is 0.857 bits per heavy atom. The molecule has 1 N–H and O–H groups in total. The summed E-state index contributed by atoms with van der Waals surface area (Å²) < 4.78 is 5.15. The first kappa shape index (κ1) is 13.5. The third-order valence-electron chi connectivity index (χ3n) is 3.35. The van der Waals surface area contributed by atoms with Crippen molar-refractivity contribution in [3.05, 3.63) is 66.0 Å². The Labute approximate surface area is 123 Å². The van der Waals surface area contributed by atoms with E-state index in [0.717, 1.165) is 29.9 Å².